The standard InChI is InChI=1S/C8H12BN.C5H5.2ClH.Zr/c1-10(2)9-8-6-4-3-5-7-8;1-2-4-5-3-1;;;/h3-7,9H,1-2H3;1-3H,4H2;2*1H;. The summed E-state index contributed by atoms with van der Waals surface area (Å²) in [5.74, 6) is 0. The molecule has 1 aliphatic rings. The van der Waals surface area contributed by atoms with Gasteiger partial charge < -0.3 is 4.81 Å². The van der Waals surface area contributed by atoms with Crippen LogP contribution >= 0.6 is 24.8 Å². The monoisotopic (exact) mass is 360 g/mol. The van der Waals surface area contributed by atoms with Crippen molar-refractivity contribution in [3.63, 3.8) is 0 Å². The van der Waals surface area contributed by atoms with Gasteiger partial charge in [0.1, 0.15) is 0 Å². The third kappa shape index (κ3) is 10.1. The molecule has 1 aromatic rings. The molecule has 0 radical (unpaired) electrons. The molecule has 0 aliphatic heterocycles. The third-order valence-electron chi connectivity index (χ3n) is 2.11. The summed E-state index contributed by atoms with van der Waals surface area (Å²) in [5.41, 5.74) is 1.37. The molecule has 0 aromatic heterocycles. The van der Waals surface area contributed by atoms with Gasteiger partial charge in [-0.05, 0) is 14.1 Å². The molecule has 2 rings (SSSR count). The molecule has 0 spiro atoms. The van der Waals surface area contributed by atoms with E-state index in [2.05, 4.69) is 61.4 Å². The van der Waals surface area contributed by atoms with E-state index in [1.807, 2.05) is 6.07 Å². The van der Waals surface area contributed by atoms with Crippen molar-refractivity contribution in [3.05, 3.63) is 51.8 Å². The van der Waals surface area contributed by atoms with Crippen molar-refractivity contribution in [1.82, 2.24) is 4.81 Å². The van der Waals surface area contributed by atoms with Crippen LogP contribution in [-0.2, 0) is 24.7 Å². The number of hydrogen-bond donors (Lipinski definition) is 0. The quantitative estimate of drug-likeness (QED) is 0.731. The summed E-state index contributed by atoms with van der Waals surface area (Å²) in [6, 6.07) is 10.5. The number of rotatable bonds is 2. The van der Waals surface area contributed by atoms with E-state index in [9.17, 15) is 0 Å². The molecule has 0 saturated heterocycles. The van der Waals surface area contributed by atoms with Crippen molar-refractivity contribution in [1.29, 1.82) is 0 Å². The summed E-state index contributed by atoms with van der Waals surface area (Å²) < 4.78 is 1.56. The maximum atomic E-state index is 2.18. The zero-order valence-corrected chi connectivity index (χ0v) is 14.9. The van der Waals surface area contributed by atoms with Crippen LogP contribution in [0.3, 0.4) is 0 Å². The molecule has 5 heteroatoms. The Labute approximate surface area is 139 Å². The van der Waals surface area contributed by atoms with Gasteiger partial charge in [-0.25, -0.2) is 0 Å². The Hall–Kier alpha value is 0.188. The molecule has 18 heavy (non-hydrogen) atoms. The SMILES string of the molecule is CN(C)Bc1ccccc1.Cl.Cl.[Zr][C]1=CC=CC1. The molecule has 1 nitrogen and oxygen atoms in total. The summed E-state index contributed by atoms with van der Waals surface area (Å²) in [4.78, 5) is 2.16. The topological polar surface area (TPSA) is 3.24 Å². The van der Waals surface area contributed by atoms with Gasteiger partial charge in [0, 0.05) is 0 Å². The van der Waals surface area contributed by atoms with E-state index >= 15 is 0 Å². The van der Waals surface area contributed by atoms with Crippen molar-refractivity contribution in [2.24, 2.45) is 0 Å². The van der Waals surface area contributed by atoms with Crippen LogP contribution in [0.5, 0.6) is 0 Å². The van der Waals surface area contributed by atoms with Crippen molar-refractivity contribution in [2.45, 2.75) is 6.42 Å². The first-order valence-corrected chi connectivity index (χ1v) is 6.67. The van der Waals surface area contributed by atoms with E-state index in [4.69, 9.17) is 0 Å². The Balaban J connectivity index is 0. The molecule has 1 aromatic carbocycles. The van der Waals surface area contributed by atoms with Crippen molar-refractivity contribution >= 4 is 37.7 Å². The van der Waals surface area contributed by atoms with Crippen LogP contribution < -0.4 is 5.46 Å². The summed E-state index contributed by atoms with van der Waals surface area (Å²) in [7, 11) is 5.18. The second kappa shape index (κ2) is 12.2. The minimum atomic E-state index is 0. The molecule has 0 amide bonds. The van der Waals surface area contributed by atoms with E-state index in [-0.39, 0.29) is 24.8 Å². The van der Waals surface area contributed by atoms with E-state index < -0.39 is 0 Å². The molecule has 0 N–H and O–H groups in total. The molecular weight excluding hydrogens is 343 g/mol. The van der Waals surface area contributed by atoms with Crippen LogP contribution in [0.2, 0.25) is 0 Å². The summed E-state index contributed by atoms with van der Waals surface area (Å²) in [6.45, 7) is 0. The average molecular weight is 362 g/mol. The number of halogens is 2. The van der Waals surface area contributed by atoms with Gasteiger partial charge in [0.15, 0.2) is 0 Å². The van der Waals surface area contributed by atoms with Crippen LogP contribution in [0.15, 0.2) is 51.8 Å². The van der Waals surface area contributed by atoms with E-state index in [1.165, 1.54) is 11.9 Å². The van der Waals surface area contributed by atoms with Gasteiger partial charge in [-0.3, -0.25) is 0 Å². The molecule has 0 atom stereocenters. The average Bonchev–Trinajstić information content (AvgIpc) is 2.71. The molecule has 0 unspecified atom stereocenters. The van der Waals surface area contributed by atoms with Crippen molar-refractivity contribution in [2.75, 3.05) is 14.1 Å². The number of benzene rings is 1. The number of nitrogens with zero attached hydrogens (tertiary/aromatic N) is 1. The first-order valence-electron chi connectivity index (χ1n) is 5.44. The zero-order chi connectivity index (χ0) is 11.8. The summed E-state index contributed by atoms with van der Waals surface area (Å²) in [5, 5.41) is 0. The molecule has 0 fully saturated rings. The minimum absolute atomic E-state index is 0. The van der Waals surface area contributed by atoms with Gasteiger partial charge in [0.2, 0.25) is 7.41 Å². The van der Waals surface area contributed by atoms with E-state index in [0.29, 0.717) is 0 Å². The molecule has 0 heterocycles. The van der Waals surface area contributed by atoms with Crippen LogP contribution in [0.25, 0.3) is 0 Å². The molecule has 1 aliphatic carbocycles. The van der Waals surface area contributed by atoms with Gasteiger partial charge >= 0.3 is 52.6 Å². The van der Waals surface area contributed by atoms with Gasteiger partial charge in [0.05, 0.1) is 0 Å². The first-order chi connectivity index (χ1) is 7.68. The summed E-state index contributed by atoms with van der Waals surface area (Å²) in [6.07, 6.45) is 7.69. The fourth-order valence-electron chi connectivity index (χ4n) is 1.40. The third-order valence-corrected chi connectivity index (χ3v) is 3.02. The first kappa shape index (κ1) is 20.5. The molecule has 0 saturated carbocycles. The Bertz CT molecular complexity index is 367. The van der Waals surface area contributed by atoms with Gasteiger partial charge in [-0.15, -0.1) is 24.8 Å². The maximum absolute atomic E-state index is 2.18. The second-order valence-electron chi connectivity index (χ2n) is 4.05. The molecule has 97 valence electrons. The summed E-state index contributed by atoms with van der Waals surface area (Å²) >= 11 is 1.56. The van der Waals surface area contributed by atoms with Crippen molar-refractivity contribution in [3.8, 4) is 0 Å². The molecular formula is C13H19BCl2NZr. The van der Waals surface area contributed by atoms with Crippen LogP contribution in [0.1, 0.15) is 6.42 Å². The fraction of sp³-hybridized carbons (Fsp3) is 0.231. The predicted molar refractivity (Wildman–Crippen MR) is 83.2 cm³/mol. The van der Waals surface area contributed by atoms with Crippen LogP contribution in [-0.4, -0.2) is 26.3 Å². The van der Waals surface area contributed by atoms with Crippen LogP contribution in [0.4, 0.5) is 0 Å². The Morgan fingerprint density at radius 2 is 1.72 bits per heavy atom. The second-order valence-corrected chi connectivity index (χ2v) is 5.63. The van der Waals surface area contributed by atoms with Gasteiger partial charge in [-0.2, -0.15) is 0 Å². The van der Waals surface area contributed by atoms with Gasteiger partial charge in [0.25, 0.3) is 0 Å². The predicted octanol–water partition coefficient (Wildman–Crippen LogP) is 2.45. The normalized spacial score (nSPS) is 11.6. The van der Waals surface area contributed by atoms with Crippen molar-refractivity contribution < 1.29 is 24.7 Å². The number of allylic oxidation sites excluding steroid dienone is 4. The number of hydrogen-bond acceptors (Lipinski definition) is 1. The van der Waals surface area contributed by atoms with Crippen LogP contribution in [0, 0.1) is 0 Å². The fourth-order valence-corrected chi connectivity index (χ4v) is 1.92. The zero-order valence-electron chi connectivity index (χ0n) is 10.8. The van der Waals surface area contributed by atoms with E-state index in [1.54, 1.807) is 28.0 Å². The Morgan fingerprint density at radius 3 is 2.06 bits per heavy atom. The Kier molecular flexibility index (Phi) is 13.9. The van der Waals surface area contributed by atoms with E-state index in [0.717, 1.165) is 7.41 Å². The Morgan fingerprint density at radius 1 is 1.11 bits per heavy atom. The van der Waals surface area contributed by atoms with Gasteiger partial charge in [-0.1, -0.05) is 35.8 Å². The molecule has 0 bridgehead atoms.